The van der Waals surface area contributed by atoms with E-state index in [-0.39, 0.29) is 33.5 Å². The van der Waals surface area contributed by atoms with Gasteiger partial charge < -0.3 is 21.0 Å². The summed E-state index contributed by atoms with van der Waals surface area (Å²) in [5.41, 5.74) is 6.37. The van der Waals surface area contributed by atoms with E-state index >= 15 is 0 Å². The third-order valence-electron chi connectivity index (χ3n) is 5.42. The number of thiazole rings is 1. The Labute approximate surface area is 230 Å². The molecule has 2 aliphatic heterocycles. The average molecular weight is 595 g/mol. The molecule has 38 heavy (non-hydrogen) atoms. The van der Waals surface area contributed by atoms with E-state index < -0.39 is 29.2 Å². The summed E-state index contributed by atoms with van der Waals surface area (Å²) in [6, 6.07) is 0.421. The van der Waals surface area contributed by atoms with Gasteiger partial charge in [-0.3, -0.25) is 19.3 Å². The van der Waals surface area contributed by atoms with E-state index in [9.17, 15) is 24.3 Å². The molecule has 0 unspecified atom stereocenters. The lowest BCUT2D eigenvalue weighted by molar-refractivity contribution is -0.150. The van der Waals surface area contributed by atoms with Crippen LogP contribution in [-0.2, 0) is 19.2 Å². The number of nitrogens with two attached hydrogens (primary N) is 1. The number of carboxylic acids is 1. The van der Waals surface area contributed by atoms with Gasteiger partial charge in [-0.1, -0.05) is 28.3 Å². The molecule has 0 aromatic carbocycles. The van der Waals surface area contributed by atoms with Crippen molar-refractivity contribution in [2.45, 2.75) is 22.7 Å². The third-order valence-corrected chi connectivity index (χ3v) is 9.56. The minimum Gasteiger partial charge on any atom is -0.477 e. The number of nitrogen functional groups attached to an aromatic ring is 1. The second-order valence-corrected chi connectivity index (χ2v) is 12.1. The van der Waals surface area contributed by atoms with E-state index in [1.165, 1.54) is 62.8 Å². The number of nitrogens with one attached hydrogen (secondary N) is 1. The number of anilines is 1. The van der Waals surface area contributed by atoms with Crippen molar-refractivity contribution < 1.29 is 24.3 Å². The molecule has 1 fully saturated rings. The summed E-state index contributed by atoms with van der Waals surface area (Å²) < 4.78 is 1.74. The molecule has 5 heterocycles. The Bertz CT molecular complexity index is 1590. The van der Waals surface area contributed by atoms with Crippen molar-refractivity contribution in [3.8, 4) is 0 Å². The van der Waals surface area contributed by atoms with Crippen LogP contribution in [0.15, 0.2) is 37.0 Å². The van der Waals surface area contributed by atoms with Gasteiger partial charge in [-0.05, 0) is 12.5 Å². The molecule has 0 aliphatic carbocycles. The van der Waals surface area contributed by atoms with Crippen molar-refractivity contribution in [1.82, 2.24) is 29.8 Å². The van der Waals surface area contributed by atoms with Crippen molar-refractivity contribution in [2.24, 2.45) is 5.16 Å². The average Bonchev–Trinajstić information content (AvgIpc) is 3.49. The maximum atomic E-state index is 13.0. The summed E-state index contributed by atoms with van der Waals surface area (Å²) in [7, 11) is 1.27. The molecule has 2 aliphatic rings. The normalized spacial score (nSPS) is 19.4. The number of carbonyl (C=O) groups is 3. The predicted octanol–water partition coefficient (Wildman–Crippen LogP) is 0.380. The number of hydrogen-bond acceptors (Lipinski definition) is 14. The second kappa shape index (κ2) is 10.4. The smallest absolute Gasteiger partial charge is 0.352 e. The standard InChI is InChI=1S/C20H18N8O6S4/c1-7-3-10(29)28-19(22-7)38-20(25-28)37-5-8-4-35-16-12(15(31)27(16)13(8)17(32)33)24-14(30)11(26-34-2)9-6-36-18(21)23-9/h3,6,12,16H,4-5H2,1-2H3,(H2,21,23)(H,24,30)(H,32,33)/b26-11-/t12-,16-/m1/s1. The highest BCUT2D eigenvalue weighted by Crippen LogP contribution is 2.41. The van der Waals surface area contributed by atoms with Crippen molar-refractivity contribution in [1.29, 1.82) is 0 Å². The number of carbonyl (C=O) groups excluding carboxylic acids is 2. The topological polar surface area (TPSA) is 194 Å². The van der Waals surface area contributed by atoms with Gasteiger partial charge in [0, 0.05) is 28.6 Å². The highest BCUT2D eigenvalue weighted by atomic mass is 32.2. The van der Waals surface area contributed by atoms with Gasteiger partial charge in [0.05, 0.1) is 0 Å². The summed E-state index contributed by atoms with van der Waals surface area (Å²) in [5.74, 6) is -1.95. The van der Waals surface area contributed by atoms with E-state index in [1.807, 2.05) is 0 Å². The lowest BCUT2D eigenvalue weighted by atomic mass is 10.0. The third kappa shape index (κ3) is 4.74. The Kier molecular flexibility index (Phi) is 7.12. The summed E-state index contributed by atoms with van der Waals surface area (Å²) >= 11 is 4.92. The number of β-lactam (4-membered cyclic amide) rings is 1. The zero-order chi connectivity index (χ0) is 27.1. The number of carboxylic acid groups (broad SMARTS) is 1. The molecule has 18 heteroatoms. The van der Waals surface area contributed by atoms with Crippen LogP contribution in [0.3, 0.4) is 0 Å². The van der Waals surface area contributed by atoms with Crippen LogP contribution in [0.5, 0.6) is 0 Å². The van der Waals surface area contributed by atoms with E-state index in [2.05, 4.69) is 25.5 Å². The molecule has 0 bridgehead atoms. The fraction of sp³-hybridized carbons (Fsp3) is 0.300. The van der Waals surface area contributed by atoms with Crippen molar-refractivity contribution in [3.05, 3.63) is 44.5 Å². The first-order valence-corrected chi connectivity index (χ1v) is 14.4. The molecule has 0 radical (unpaired) electrons. The lowest BCUT2D eigenvalue weighted by Crippen LogP contribution is -2.71. The Morgan fingerprint density at radius 2 is 2.16 bits per heavy atom. The van der Waals surface area contributed by atoms with Crippen molar-refractivity contribution >= 4 is 79.8 Å². The van der Waals surface area contributed by atoms with Gasteiger partial charge in [-0.25, -0.2) is 14.8 Å². The minimum absolute atomic E-state index is 0.123. The van der Waals surface area contributed by atoms with Gasteiger partial charge in [0.15, 0.2) is 15.2 Å². The van der Waals surface area contributed by atoms with E-state index in [4.69, 9.17) is 10.6 Å². The zero-order valence-corrected chi connectivity index (χ0v) is 22.9. The number of aliphatic carboxylic acids is 1. The van der Waals surface area contributed by atoms with E-state index in [0.29, 0.717) is 26.3 Å². The van der Waals surface area contributed by atoms with Crippen LogP contribution >= 0.6 is 46.2 Å². The van der Waals surface area contributed by atoms with Crippen LogP contribution in [0.1, 0.15) is 11.4 Å². The van der Waals surface area contributed by atoms with Crippen LogP contribution in [0.25, 0.3) is 4.96 Å². The first-order chi connectivity index (χ1) is 18.2. The van der Waals surface area contributed by atoms with Crippen molar-refractivity contribution in [2.75, 3.05) is 24.3 Å². The molecule has 1 saturated heterocycles. The Morgan fingerprint density at radius 3 is 2.84 bits per heavy atom. The molecule has 2 atom stereocenters. The molecule has 0 saturated carbocycles. The number of thioether (sulfide) groups is 2. The SMILES string of the molecule is CO/N=C(\C(=O)N[C@@H]1C(=O)N2C(C(=O)O)=C(CSc3nn4c(=O)cc(C)nc4s3)CS[C@H]12)c1csc(N)n1. The van der Waals surface area contributed by atoms with E-state index in [1.54, 1.807) is 6.92 Å². The van der Waals surface area contributed by atoms with Gasteiger partial charge in [0.1, 0.15) is 29.9 Å². The number of aromatic nitrogens is 4. The summed E-state index contributed by atoms with van der Waals surface area (Å²) in [6.07, 6.45) is 0. The Morgan fingerprint density at radius 1 is 1.37 bits per heavy atom. The maximum absolute atomic E-state index is 13.0. The highest BCUT2D eigenvalue weighted by Gasteiger charge is 2.54. The molecule has 2 amide bonds. The fourth-order valence-corrected chi connectivity index (χ4v) is 7.83. The van der Waals surface area contributed by atoms with Crippen molar-refractivity contribution in [3.63, 3.8) is 0 Å². The first kappa shape index (κ1) is 26.1. The summed E-state index contributed by atoms with van der Waals surface area (Å²) in [5, 5.41) is 21.7. The number of hydrogen-bond donors (Lipinski definition) is 3. The molecule has 5 rings (SSSR count). The monoisotopic (exact) mass is 594 g/mol. The molecule has 198 valence electrons. The van der Waals surface area contributed by atoms with Crippen LogP contribution < -0.4 is 16.6 Å². The van der Waals surface area contributed by atoms with Crippen LogP contribution in [0.4, 0.5) is 5.13 Å². The maximum Gasteiger partial charge on any atom is 0.352 e. The zero-order valence-electron chi connectivity index (χ0n) is 19.6. The second-order valence-electron chi connectivity index (χ2n) is 7.90. The minimum atomic E-state index is -1.25. The number of oxime groups is 1. The number of amides is 2. The van der Waals surface area contributed by atoms with Gasteiger partial charge in [-0.15, -0.1) is 28.2 Å². The predicted molar refractivity (Wildman–Crippen MR) is 142 cm³/mol. The van der Waals surface area contributed by atoms with Gasteiger partial charge in [-0.2, -0.15) is 4.52 Å². The molecule has 0 spiro atoms. The van der Waals surface area contributed by atoms with Crippen LogP contribution in [0, 0.1) is 6.92 Å². The molecule has 3 aromatic rings. The van der Waals surface area contributed by atoms with E-state index in [0.717, 1.165) is 11.3 Å². The number of rotatable bonds is 8. The summed E-state index contributed by atoms with van der Waals surface area (Å²) in [4.78, 5) is 64.9. The summed E-state index contributed by atoms with van der Waals surface area (Å²) in [6.45, 7) is 1.72. The molecular formula is C20H18N8O6S4. The number of nitrogens with zero attached hydrogens (tertiary/aromatic N) is 6. The van der Waals surface area contributed by atoms with Gasteiger partial charge >= 0.3 is 5.97 Å². The van der Waals surface area contributed by atoms with Gasteiger partial charge in [0.2, 0.25) is 4.96 Å². The largest absolute Gasteiger partial charge is 0.477 e. The molecule has 4 N–H and O–H groups in total. The number of fused-ring (bicyclic) bond motifs is 2. The van der Waals surface area contributed by atoms with Gasteiger partial charge in [0.25, 0.3) is 17.4 Å². The fourth-order valence-electron chi connectivity index (χ4n) is 3.81. The Balaban J connectivity index is 1.32. The highest BCUT2D eigenvalue weighted by molar-refractivity contribution is 8.02. The quantitative estimate of drug-likeness (QED) is 0.141. The first-order valence-electron chi connectivity index (χ1n) is 10.7. The molecule has 14 nitrogen and oxygen atoms in total. The molecule has 3 aromatic heterocycles. The lowest BCUT2D eigenvalue weighted by Gasteiger charge is -2.49. The Hall–Kier alpha value is -3.48. The number of aryl methyl sites for hydroxylation is 1. The van der Waals surface area contributed by atoms with Crippen LogP contribution in [-0.4, -0.2) is 83.1 Å². The molecular weight excluding hydrogens is 577 g/mol. The van der Waals surface area contributed by atoms with Crippen LogP contribution in [0.2, 0.25) is 0 Å².